The SMILES string of the molecule is COC(=O)[C@H](CC(C)C)NC(=O)[C@H](CCCCN)NC(=O)OC(C)(C)C.Cl. The molecule has 0 aromatic rings. The molecule has 4 N–H and O–H groups in total. The molecule has 2 atom stereocenters. The lowest BCUT2D eigenvalue weighted by Crippen LogP contribution is -2.52. The van der Waals surface area contributed by atoms with Gasteiger partial charge in [0.25, 0.3) is 0 Å². The van der Waals surface area contributed by atoms with Crippen LogP contribution >= 0.6 is 12.4 Å². The van der Waals surface area contributed by atoms with Crippen LogP contribution in [0.15, 0.2) is 0 Å². The highest BCUT2D eigenvalue weighted by molar-refractivity contribution is 5.89. The molecule has 0 unspecified atom stereocenters. The maximum absolute atomic E-state index is 12.6. The van der Waals surface area contributed by atoms with Gasteiger partial charge in [0.1, 0.15) is 17.7 Å². The van der Waals surface area contributed by atoms with Crippen molar-refractivity contribution in [1.29, 1.82) is 0 Å². The lowest BCUT2D eigenvalue weighted by atomic mass is 10.0. The van der Waals surface area contributed by atoms with E-state index in [1.807, 2.05) is 13.8 Å². The molecule has 0 saturated heterocycles. The van der Waals surface area contributed by atoms with Crippen molar-refractivity contribution in [1.82, 2.24) is 10.6 Å². The molecule has 0 heterocycles. The summed E-state index contributed by atoms with van der Waals surface area (Å²) in [7, 11) is 1.28. The predicted molar refractivity (Wildman–Crippen MR) is 107 cm³/mol. The van der Waals surface area contributed by atoms with Crippen molar-refractivity contribution in [3.63, 3.8) is 0 Å². The first-order valence-corrected chi connectivity index (χ1v) is 9.08. The molecular formula is C18H36ClN3O5. The van der Waals surface area contributed by atoms with Gasteiger partial charge in [-0.15, -0.1) is 12.4 Å². The van der Waals surface area contributed by atoms with E-state index in [4.69, 9.17) is 15.2 Å². The first-order chi connectivity index (χ1) is 12.0. The predicted octanol–water partition coefficient (Wildman–Crippen LogP) is 2.13. The molecule has 0 aliphatic carbocycles. The Hall–Kier alpha value is -1.54. The Morgan fingerprint density at radius 2 is 1.63 bits per heavy atom. The molecular weight excluding hydrogens is 374 g/mol. The van der Waals surface area contributed by atoms with Gasteiger partial charge in [-0.1, -0.05) is 13.8 Å². The zero-order valence-electron chi connectivity index (χ0n) is 17.3. The van der Waals surface area contributed by atoms with Gasteiger partial charge in [-0.3, -0.25) is 4.79 Å². The van der Waals surface area contributed by atoms with Crippen LogP contribution in [-0.4, -0.2) is 49.3 Å². The van der Waals surface area contributed by atoms with Crippen LogP contribution in [0, 0.1) is 5.92 Å². The Labute approximate surface area is 168 Å². The molecule has 9 heteroatoms. The molecule has 0 aliphatic rings. The van der Waals surface area contributed by atoms with Gasteiger partial charge in [-0.2, -0.15) is 0 Å². The Morgan fingerprint density at radius 3 is 2.07 bits per heavy atom. The lowest BCUT2D eigenvalue weighted by Gasteiger charge is -2.25. The van der Waals surface area contributed by atoms with E-state index in [1.54, 1.807) is 20.8 Å². The molecule has 0 aromatic carbocycles. The van der Waals surface area contributed by atoms with E-state index in [9.17, 15) is 14.4 Å². The van der Waals surface area contributed by atoms with Crippen molar-refractivity contribution in [2.24, 2.45) is 11.7 Å². The van der Waals surface area contributed by atoms with Crippen molar-refractivity contribution < 1.29 is 23.9 Å². The van der Waals surface area contributed by atoms with Crippen LogP contribution in [0.1, 0.15) is 60.3 Å². The third-order valence-corrected chi connectivity index (χ3v) is 3.46. The number of carbonyl (C=O) groups excluding carboxylic acids is 3. The second-order valence-electron chi connectivity index (χ2n) is 7.70. The summed E-state index contributed by atoms with van der Waals surface area (Å²) in [6.45, 7) is 9.61. The number of carbonyl (C=O) groups is 3. The first kappa shape index (κ1) is 27.7. The highest BCUT2D eigenvalue weighted by Crippen LogP contribution is 2.10. The number of alkyl carbamates (subject to hydrolysis) is 1. The number of unbranched alkanes of at least 4 members (excludes halogenated alkanes) is 1. The molecule has 27 heavy (non-hydrogen) atoms. The third-order valence-electron chi connectivity index (χ3n) is 3.46. The van der Waals surface area contributed by atoms with Crippen molar-refractivity contribution in [2.75, 3.05) is 13.7 Å². The first-order valence-electron chi connectivity index (χ1n) is 9.08. The van der Waals surface area contributed by atoms with Crippen LogP contribution in [-0.2, 0) is 19.1 Å². The van der Waals surface area contributed by atoms with Crippen molar-refractivity contribution in [2.45, 2.75) is 78.0 Å². The zero-order valence-corrected chi connectivity index (χ0v) is 18.1. The van der Waals surface area contributed by atoms with Gasteiger partial charge in [0.05, 0.1) is 7.11 Å². The van der Waals surface area contributed by atoms with E-state index in [2.05, 4.69) is 10.6 Å². The van der Waals surface area contributed by atoms with Gasteiger partial charge >= 0.3 is 12.1 Å². The Balaban J connectivity index is 0. The minimum absolute atomic E-state index is 0. The van der Waals surface area contributed by atoms with Gasteiger partial charge in [0, 0.05) is 0 Å². The quantitative estimate of drug-likeness (QED) is 0.375. The summed E-state index contributed by atoms with van der Waals surface area (Å²) in [6, 6.07) is -1.57. The Kier molecular flexibility index (Phi) is 13.9. The van der Waals surface area contributed by atoms with Crippen LogP contribution < -0.4 is 16.4 Å². The molecule has 0 aliphatic heterocycles. The fraction of sp³-hybridized carbons (Fsp3) is 0.833. The standard InChI is InChI=1S/C18H35N3O5.ClH/c1-12(2)11-14(16(23)25-6)20-15(22)13(9-7-8-10-19)21-17(24)26-18(3,4)5;/h12-14H,7-11,19H2,1-6H3,(H,20,22)(H,21,24);1H/t13-,14-;/m0./s1. The van der Waals surface area contributed by atoms with E-state index >= 15 is 0 Å². The summed E-state index contributed by atoms with van der Waals surface area (Å²) in [5.74, 6) is -0.761. The number of nitrogens with one attached hydrogen (secondary N) is 2. The molecule has 0 spiro atoms. The van der Waals surface area contributed by atoms with Crippen LogP contribution in [0.25, 0.3) is 0 Å². The van der Waals surface area contributed by atoms with E-state index < -0.39 is 35.7 Å². The van der Waals surface area contributed by atoms with Crippen LogP contribution in [0.4, 0.5) is 4.79 Å². The smallest absolute Gasteiger partial charge is 0.408 e. The van der Waals surface area contributed by atoms with E-state index in [0.29, 0.717) is 25.8 Å². The number of ether oxygens (including phenoxy) is 2. The van der Waals surface area contributed by atoms with Gasteiger partial charge in [0.2, 0.25) is 5.91 Å². The zero-order chi connectivity index (χ0) is 20.3. The second kappa shape index (κ2) is 13.6. The topological polar surface area (TPSA) is 120 Å². The molecule has 0 fully saturated rings. The minimum atomic E-state index is -0.810. The average molecular weight is 410 g/mol. The molecule has 0 rings (SSSR count). The molecule has 0 radical (unpaired) electrons. The minimum Gasteiger partial charge on any atom is -0.467 e. The third kappa shape index (κ3) is 13.3. The summed E-state index contributed by atoms with van der Waals surface area (Å²) in [4.78, 5) is 36.6. The monoisotopic (exact) mass is 409 g/mol. The summed E-state index contributed by atoms with van der Waals surface area (Å²) in [6.07, 6.45) is 1.56. The number of methoxy groups -OCH3 is 1. The fourth-order valence-corrected chi connectivity index (χ4v) is 2.31. The molecule has 0 aromatic heterocycles. The number of nitrogens with two attached hydrogens (primary N) is 1. The number of rotatable bonds is 10. The largest absolute Gasteiger partial charge is 0.467 e. The van der Waals surface area contributed by atoms with Gasteiger partial charge in [-0.05, 0) is 58.9 Å². The van der Waals surface area contributed by atoms with E-state index in [1.165, 1.54) is 7.11 Å². The summed E-state index contributed by atoms with van der Waals surface area (Å²) in [5.41, 5.74) is 4.82. The highest BCUT2D eigenvalue weighted by Gasteiger charge is 2.28. The molecule has 8 nitrogen and oxygen atoms in total. The Bertz CT molecular complexity index is 466. The van der Waals surface area contributed by atoms with Crippen molar-refractivity contribution in [3.8, 4) is 0 Å². The van der Waals surface area contributed by atoms with Gasteiger partial charge < -0.3 is 25.8 Å². The van der Waals surface area contributed by atoms with Gasteiger partial charge in [0.15, 0.2) is 0 Å². The summed E-state index contributed by atoms with van der Waals surface area (Å²) in [5, 5.41) is 5.26. The number of hydrogen-bond acceptors (Lipinski definition) is 6. The molecule has 0 saturated carbocycles. The second-order valence-corrected chi connectivity index (χ2v) is 7.70. The Morgan fingerprint density at radius 1 is 1.04 bits per heavy atom. The number of halogens is 1. The van der Waals surface area contributed by atoms with Crippen molar-refractivity contribution >= 4 is 30.4 Å². The van der Waals surface area contributed by atoms with Crippen LogP contribution in [0.2, 0.25) is 0 Å². The van der Waals surface area contributed by atoms with Crippen molar-refractivity contribution in [3.05, 3.63) is 0 Å². The summed E-state index contributed by atoms with van der Waals surface area (Å²) < 4.78 is 9.97. The van der Waals surface area contributed by atoms with Gasteiger partial charge in [-0.25, -0.2) is 9.59 Å². The molecule has 2 amide bonds. The summed E-state index contributed by atoms with van der Waals surface area (Å²) >= 11 is 0. The average Bonchev–Trinajstić information content (AvgIpc) is 2.50. The van der Waals surface area contributed by atoms with Crippen LogP contribution in [0.5, 0.6) is 0 Å². The molecule has 160 valence electrons. The number of esters is 1. The maximum Gasteiger partial charge on any atom is 0.408 e. The number of amides is 2. The van der Waals surface area contributed by atoms with Crippen LogP contribution in [0.3, 0.4) is 0 Å². The maximum atomic E-state index is 12.6. The normalized spacial score (nSPS) is 13.2. The molecule has 0 bridgehead atoms. The lowest BCUT2D eigenvalue weighted by molar-refractivity contribution is -0.145. The van der Waals surface area contributed by atoms with E-state index in [0.717, 1.165) is 6.42 Å². The highest BCUT2D eigenvalue weighted by atomic mass is 35.5. The van der Waals surface area contributed by atoms with E-state index in [-0.39, 0.29) is 18.3 Å². The fourth-order valence-electron chi connectivity index (χ4n) is 2.31. The number of hydrogen-bond donors (Lipinski definition) is 3.